The van der Waals surface area contributed by atoms with Crippen molar-refractivity contribution in [3.8, 4) is 0 Å². The quantitative estimate of drug-likeness (QED) is 0.369. The molecule has 1 heterocycles. The van der Waals surface area contributed by atoms with Crippen LogP contribution in [0.4, 0.5) is 0 Å². The van der Waals surface area contributed by atoms with Crippen molar-refractivity contribution in [3.05, 3.63) is 0 Å². The highest BCUT2D eigenvalue weighted by molar-refractivity contribution is 4.62. The van der Waals surface area contributed by atoms with Gasteiger partial charge in [0.25, 0.3) is 0 Å². The first-order valence-corrected chi connectivity index (χ1v) is 1.92. The van der Waals surface area contributed by atoms with Crippen LogP contribution < -0.4 is 5.90 Å². The average molecular weight is 105 g/mol. The molecule has 0 radical (unpaired) electrons. The maximum Gasteiger partial charge on any atom is 0.230 e. The van der Waals surface area contributed by atoms with Gasteiger partial charge in [-0.2, -0.15) is 0 Å². The predicted octanol–water partition coefficient (Wildman–Crippen LogP) is -0.794. The van der Waals surface area contributed by atoms with Crippen molar-refractivity contribution in [2.45, 2.75) is 12.6 Å². The van der Waals surface area contributed by atoms with Crippen LogP contribution in [0.5, 0.6) is 0 Å². The minimum Gasteiger partial charge on any atom is -0.351 e. The van der Waals surface area contributed by atoms with Gasteiger partial charge >= 0.3 is 0 Å². The minimum atomic E-state index is -0.329. The molecule has 1 fully saturated rings. The van der Waals surface area contributed by atoms with Gasteiger partial charge in [-0.3, -0.25) is 4.84 Å². The van der Waals surface area contributed by atoms with E-state index in [1.54, 1.807) is 0 Å². The van der Waals surface area contributed by atoms with Gasteiger partial charge in [-0.25, -0.2) is 5.90 Å². The predicted molar refractivity (Wildman–Crippen MR) is 20.9 cm³/mol. The van der Waals surface area contributed by atoms with Crippen LogP contribution >= 0.6 is 0 Å². The Morgan fingerprint density at radius 2 is 2.29 bits per heavy atom. The summed E-state index contributed by atoms with van der Waals surface area (Å²) in [6, 6.07) is 0. The monoisotopic (exact) mass is 105 g/mol. The number of nitrogens with two attached hydrogens (primary N) is 1. The molecule has 2 N–H and O–H groups in total. The molecule has 0 amide bonds. The molecule has 1 saturated heterocycles. The molecule has 2 atom stereocenters. The second-order valence-corrected chi connectivity index (χ2v) is 1.24. The Kier molecular flexibility index (Phi) is 1.25. The van der Waals surface area contributed by atoms with Crippen LogP contribution in [0.25, 0.3) is 0 Å². The standard InChI is InChI=1S/C3H7NO3/c1-5-2-3(6-2)7-4/h2-3H,4H2,1H3. The van der Waals surface area contributed by atoms with Crippen molar-refractivity contribution in [3.63, 3.8) is 0 Å². The molecule has 4 nitrogen and oxygen atoms in total. The van der Waals surface area contributed by atoms with Crippen LogP contribution in [0.1, 0.15) is 0 Å². The number of hydrogen-bond donors (Lipinski definition) is 1. The zero-order chi connectivity index (χ0) is 5.28. The van der Waals surface area contributed by atoms with Crippen LogP contribution in [0.15, 0.2) is 0 Å². The largest absolute Gasteiger partial charge is 0.351 e. The molecule has 42 valence electrons. The lowest BCUT2D eigenvalue weighted by molar-refractivity contribution is 0.0494. The normalized spacial score (nSPS) is 38.6. The maximum absolute atomic E-state index is 4.69. The Morgan fingerprint density at radius 1 is 1.57 bits per heavy atom. The molecule has 0 aromatic carbocycles. The second-order valence-electron chi connectivity index (χ2n) is 1.24. The summed E-state index contributed by atoms with van der Waals surface area (Å²) in [6.07, 6.45) is -0.560. The van der Waals surface area contributed by atoms with E-state index in [-0.39, 0.29) is 12.6 Å². The molecule has 1 rings (SSSR count). The molecule has 0 bridgehead atoms. The molecular weight excluding hydrogens is 98.0 g/mol. The third-order valence-corrected chi connectivity index (χ3v) is 0.780. The molecule has 7 heavy (non-hydrogen) atoms. The molecular formula is C3H7NO3. The first kappa shape index (κ1) is 4.99. The third kappa shape index (κ3) is 0.889. The van der Waals surface area contributed by atoms with Crippen LogP contribution in [0.2, 0.25) is 0 Å². The van der Waals surface area contributed by atoms with Gasteiger partial charge in [-0.1, -0.05) is 0 Å². The highest BCUT2D eigenvalue weighted by atomic mass is 16.9. The zero-order valence-electron chi connectivity index (χ0n) is 3.96. The van der Waals surface area contributed by atoms with Crippen molar-refractivity contribution < 1.29 is 14.3 Å². The Hall–Kier alpha value is -0.160. The van der Waals surface area contributed by atoms with Gasteiger partial charge in [-0.05, 0) is 0 Å². The van der Waals surface area contributed by atoms with Crippen molar-refractivity contribution in [2.24, 2.45) is 5.90 Å². The Morgan fingerprint density at radius 3 is 2.43 bits per heavy atom. The summed E-state index contributed by atoms with van der Waals surface area (Å²) in [6.45, 7) is 0. The summed E-state index contributed by atoms with van der Waals surface area (Å²) in [5.41, 5.74) is 0. The van der Waals surface area contributed by atoms with Crippen molar-refractivity contribution in [1.29, 1.82) is 0 Å². The Balaban J connectivity index is 2.06. The van der Waals surface area contributed by atoms with Crippen LogP contribution in [0, 0.1) is 0 Å². The summed E-state index contributed by atoms with van der Waals surface area (Å²) in [5, 5.41) is 0. The molecule has 4 heteroatoms. The lowest BCUT2D eigenvalue weighted by Gasteiger charge is -1.83. The van der Waals surface area contributed by atoms with Crippen molar-refractivity contribution >= 4 is 0 Å². The molecule has 2 unspecified atom stereocenters. The van der Waals surface area contributed by atoms with Crippen molar-refractivity contribution in [2.75, 3.05) is 7.11 Å². The van der Waals surface area contributed by atoms with E-state index < -0.39 is 0 Å². The molecule has 0 aromatic heterocycles. The van der Waals surface area contributed by atoms with Gasteiger partial charge in [0, 0.05) is 7.11 Å². The highest BCUT2D eigenvalue weighted by Crippen LogP contribution is 2.20. The fourth-order valence-electron chi connectivity index (χ4n) is 0.350. The first-order valence-electron chi connectivity index (χ1n) is 1.92. The molecule has 1 aliphatic heterocycles. The molecule has 0 spiro atoms. The van der Waals surface area contributed by atoms with E-state index in [9.17, 15) is 0 Å². The van der Waals surface area contributed by atoms with E-state index in [4.69, 9.17) is 5.90 Å². The van der Waals surface area contributed by atoms with Gasteiger partial charge < -0.3 is 9.47 Å². The number of ether oxygens (including phenoxy) is 2. The lowest BCUT2D eigenvalue weighted by atomic mass is 10.8. The van der Waals surface area contributed by atoms with E-state index in [0.29, 0.717) is 0 Å². The van der Waals surface area contributed by atoms with Crippen molar-refractivity contribution in [1.82, 2.24) is 0 Å². The topological polar surface area (TPSA) is 57.0 Å². The lowest BCUT2D eigenvalue weighted by Crippen LogP contribution is -2.06. The van der Waals surface area contributed by atoms with Gasteiger partial charge in [-0.15, -0.1) is 0 Å². The zero-order valence-corrected chi connectivity index (χ0v) is 3.96. The number of epoxide rings is 1. The summed E-state index contributed by atoms with van der Waals surface area (Å²) < 4.78 is 9.28. The number of hydrogen-bond acceptors (Lipinski definition) is 4. The smallest absolute Gasteiger partial charge is 0.230 e. The summed E-state index contributed by atoms with van der Waals surface area (Å²) in [4.78, 5) is 4.22. The summed E-state index contributed by atoms with van der Waals surface area (Å²) >= 11 is 0. The van der Waals surface area contributed by atoms with Gasteiger partial charge in [0.2, 0.25) is 12.6 Å². The van der Waals surface area contributed by atoms with E-state index in [2.05, 4.69) is 14.3 Å². The molecule has 0 aromatic rings. The second kappa shape index (κ2) is 1.75. The van der Waals surface area contributed by atoms with E-state index in [1.165, 1.54) is 7.11 Å². The Bertz CT molecular complexity index is 59.2. The van der Waals surface area contributed by atoms with E-state index in [1.807, 2.05) is 0 Å². The number of methoxy groups -OCH3 is 1. The molecule has 0 aliphatic carbocycles. The number of rotatable bonds is 2. The molecule has 1 aliphatic rings. The van der Waals surface area contributed by atoms with Gasteiger partial charge in [0.15, 0.2) is 0 Å². The SMILES string of the molecule is COC1OC1ON. The minimum absolute atomic E-state index is 0.231. The highest BCUT2D eigenvalue weighted by Gasteiger charge is 2.40. The van der Waals surface area contributed by atoms with Crippen LogP contribution in [0.3, 0.4) is 0 Å². The Labute approximate surface area is 41.1 Å². The van der Waals surface area contributed by atoms with Crippen LogP contribution in [-0.2, 0) is 14.3 Å². The maximum atomic E-state index is 4.69. The molecule has 0 saturated carbocycles. The van der Waals surface area contributed by atoms with Gasteiger partial charge in [0.05, 0.1) is 0 Å². The fraction of sp³-hybridized carbons (Fsp3) is 1.00. The fourth-order valence-corrected chi connectivity index (χ4v) is 0.350. The van der Waals surface area contributed by atoms with E-state index >= 15 is 0 Å². The first-order chi connectivity index (χ1) is 3.38. The van der Waals surface area contributed by atoms with Gasteiger partial charge in [0.1, 0.15) is 0 Å². The van der Waals surface area contributed by atoms with E-state index in [0.717, 1.165) is 0 Å². The third-order valence-electron chi connectivity index (χ3n) is 0.780. The van der Waals surface area contributed by atoms with Crippen LogP contribution in [-0.4, -0.2) is 19.7 Å². The summed E-state index contributed by atoms with van der Waals surface area (Å²) in [5.74, 6) is 4.69. The average Bonchev–Trinajstić information content (AvgIpc) is 2.43. The summed E-state index contributed by atoms with van der Waals surface area (Å²) in [7, 11) is 1.53.